The van der Waals surface area contributed by atoms with Crippen LogP contribution < -0.4 is 5.32 Å². The molecule has 0 amide bonds. The molecule has 0 aliphatic heterocycles. The van der Waals surface area contributed by atoms with Crippen molar-refractivity contribution in [2.45, 2.75) is 25.6 Å². The first-order valence-corrected chi connectivity index (χ1v) is 6.98. The Balaban J connectivity index is 3.14. The van der Waals surface area contributed by atoms with Crippen molar-refractivity contribution in [3.05, 3.63) is 23.3 Å². The van der Waals surface area contributed by atoms with Crippen LogP contribution in [0.2, 0.25) is 0 Å². The van der Waals surface area contributed by atoms with Crippen LogP contribution in [0.5, 0.6) is 0 Å². The first-order chi connectivity index (χ1) is 7.34. The van der Waals surface area contributed by atoms with E-state index in [1.165, 1.54) is 6.26 Å². The second kappa shape index (κ2) is 4.88. The molecule has 90 valence electrons. The summed E-state index contributed by atoms with van der Waals surface area (Å²) in [5.41, 5.74) is 1.59. The van der Waals surface area contributed by atoms with Gasteiger partial charge in [0, 0.05) is 18.5 Å². The van der Waals surface area contributed by atoms with Gasteiger partial charge in [0.15, 0.2) is 9.84 Å². The van der Waals surface area contributed by atoms with Crippen molar-refractivity contribution in [2.75, 3.05) is 13.3 Å². The van der Waals surface area contributed by atoms with E-state index >= 15 is 0 Å². The topological polar surface area (TPSA) is 72.0 Å². The maximum atomic E-state index is 11.4. The second-order valence-corrected chi connectivity index (χ2v) is 6.23. The quantitative estimate of drug-likeness (QED) is 0.839. The molecule has 5 nitrogen and oxygen atoms in total. The van der Waals surface area contributed by atoms with E-state index in [9.17, 15) is 8.42 Å². The van der Waals surface area contributed by atoms with Gasteiger partial charge in [-0.15, -0.1) is 0 Å². The average Bonchev–Trinajstić information content (AvgIpc) is 2.14. The Labute approximate surface area is 96.2 Å². The Hall–Kier alpha value is -1.01. The lowest BCUT2D eigenvalue weighted by atomic mass is 10.3. The summed E-state index contributed by atoms with van der Waals surface area (Å²) in [6, 6.07) is 1.84. The summed E-state index contributed by atoms with van der Waals surface area (Å²) in [6.07, 6.45) is 1.20. The van der Waals surface area contributed by atoms with Gasteiger partial charge in [-0.1, -0.05) is 0 Å². The third-order valence-electron chi connectivity index (χ3n) is 2.29. The number of aromatic nitrogens is 2. The van der Waals surface area contributed by atoms with Crippen molar-refractivity contribution in [1.29, 1.82) is 0 Å². The van der Waals surface area contributed by atoms with Crippen molar-refractivity contribution in [1.82, 2.24) is 15.3 Å². The third kappa shape index (κ3) is 3.24. The van der Waals surface area contributed by atoms with Gasteiger partial charge in [0.25, 0.3) is 0 Å². The number of nitrogens with zero attached hydrogens (tertiary/aromatic N) is 2. The number of hydrogen-bond acceptors (Lipinski definition) is 5. The normalized spacial score (nSPS) is 13.8. The molecule has 0 aliphatic carbocycles. The zero-order chi connectivity index (χ0) is 12.3. The van der Waals surface area contributed by atoms with Gasteiger partial charge in [0.2, 0.25) is 0 Å². The van der Waals surface area contributed by atoms with Crippen molar-refractivity contribution >= 4 is 9.84 Å². The number of rotatable bonds is 4. The lowest BCUT2D eigenvalue weighted by Gasteiger charge is -2.10. The molecule has 0 fully saturated rings. The van der Waals surface area contributed by atoms with Crippen LogP contribution in [0.4, 0.5) is 0 Å². The van der Waals surface area contributed by atoms with Crippen molar-refractivity contribution in [3.8, 4) is 0 Å². The molecule has 1 N–H and O–H groups in total. The highest BCUT2D eigenvalue weighted by molar-refractivity contribution is 7.90. The molecule has 0 aromatic carbocycles. The number of nitrogens with one attached hydrogen (secondary N) is 1. The van der Waals surface area contributed by atoms with Crippen LogP contribution in [0.15, 0.2) is 6.07 Å². The highest BCUT2D eigenvalue weighted by Gasteiger charge is 2.20. The summed E-state index contributed by atoms with van der Waals surface area (Å²) in [7, 11) is -1.33. The van der Waals surface area contributed by atoms with Crippen LogP contribution in [0.1, 0.15) is 29.4 Å². The van der Waals surface area contributed by atoms with E-state index in [-0.39, 0.29) is 0 Å². The molecule has 0 spiro atoms. The van der Waals surface area contributed by atoms with Crippen LogP contribution >= 0.6 is 0 Å². The van der Waals surface area contributed by atoms with Crippen LogP contribution in [0, 0.1) is 6.92 Å². The summed E-state index contributed by atoms with van der Waals surface area (Å²) < 4.78 is 22.8. The Morgan fingerprint density at radius 3 is 2.56 bits per heavy atom. The molecule has 1 aromatic heterocycles. The van der Waals surface area contributed by atoms with Crippen molar-refractivity contribution in [2.24, 2.45) is 0 Å². The minimum atomic E-state index is -3.15. The number of hydrogen-bond donors (Lipinski definition) is 1. The van der Waals surface area contributed by atoms with E-state index in [0.29, 0.717) is 12.4 Å². The van der Waals surface area contributed by atoms with Gasteiger partial charge in [-0.2, -0.15) is 0 Å². The Morgan fingerprint density at radius 2 is 2.06 bits per heavy atom. The Kier molecular flexibility index (Phi) is 3.98. The first kappa shape index (κ1) is 13.1. The fourth-order valence-corrected chi connectivity index (χ4v) is 1.79. The molecule has 1 atom stereocenters. The summed E-state index contributed by atoms with van der Waals surface area (Å²) >= 11 is 0. The SMILES string of the molecule is CNCc1cc(C)nc(C(C)S(C)(=O)=O)n1. The Morgan fingerprint density at radius 1 is 1.44 bits per heavy atom. The van der Waals surface area contributed by atoms with E-state index in [1.807, 2.05) is 20.0 Å². The van der Waals surface area contributed by atoms with E-state index in [2.05, 4.69) is 15.3 Å². The highest BCUT2D eigenvalue weighted by atomic mass is 32.2. The number of sulfone groups is 1. The molecule has 1 rings (SSSR count). The minimum Gasteiger partial charge on any atom is -0.314 e. The molecule has 0 saturated heterocycles. The van der Waals surface area contributed by atoms with Gasteiger partial charge in [-0.25, -0.2) is 18.4 Å². The Bertz CT molecular complexity index is 471. The molecule has 1 heterocycles. The van der Waals surface area contributed by atoms with E-state index < -0.39 is 15.1 Å². The van der Waals surface area contributed by atoms with Gasteiger partial charge in [0.05, 0.1) is 5.69 Å². The maximum absolute atomic E-state index is 11.4. The van der Waals surface area contributed by atoms with Crippen LogP contribution in [0.3, 0.4) is 0 Å². The summed E-state index contributed by atoms with van der Waals surface area (Å²) in [5, 5.41) is 2.31. The number of aryl methyl sites for hydroxylation is 1. The molecule has 0 aliphatic rings. The fourth-order valence-electron chi connectivity index (χ4n) is 1.30. The predicted molar refractivity (Wildman–Crippen MR) is 62.8 cm³/mol. The second-order valence-electron chi connectivity index (χ2n) is 3.86. The lowest BCUT2D eigenvalue weighted by Crippen LogP contribution is -2.15. The molecule has 0 radical (unpaired) electrons. The fraction of sp³-hybridized carbons (Fsp3) is 0.600. The van der Waals surface area contributed by atoms with E-state index in [4.69, 9.17) is 0 Å². The third-order valence-corrected chi connectivity index (χ3v) is 3.78. The van der Waals surface area contributed by atoms with Gasteiger partial charge in [-0.05, 0) is 27.0 Å². The first-order valence-electron chi connectivity index (χ1n) is 5.02. The molecular weight excluding hydrogens is 226 g/mol. The predicted octanol–water partition coefficient (Wildman–Crippen LogP) is 0.610. The molecule has 1 unspecified atom stereocenters. The molecule has 0 bridgehead atoms. The van der Waals surface area contributed by atoms with Gasteiger partial charge in [-0.3, -0.25) is 0 Å². The molecule has 6 heteroatoms. The molecule has 0 saturated carbocycles. The minimum absolute atomic E-state index is 0.368. The highest BCUT2D eigenvalue weighted by Crippen LogP contribution is 2.17. The zero-order valence-corrected chi connectivity index (χ0v) is 10.8. The summed E-state index contributed by atoms with van der Waals surface area (Å²) in [6.45, 7) is 4.04. The maximum Gasteiger partial charge on any atom is 0.157 e. The zero-order valence-electron chi connectivity index (χ0n) is 9.98. The largest absolute Gasteiger partial charge is 0.314 e. The van der Waals surface area contributed by atoms with E-state index in [1.54, 1.807) is 6.92 Å². The van der Waals surface area contributed by atoms with Crippen molar-refractivity contribution in [3.63, 3.8) is 0 Å². The average molecular weight is 243 g/mol. The molecule has 1 aromatic rings. The van der Waals surface area contributed by atoms with Gasteiger partial charge < -0.3 is 5.32 Å². The van der Waals surface area contributed by atoms with Crippen molar-refractivity contribution < 1.29 is 8.42 Å². The molecular formula is C10H17N3O2S. The summed E-state index contributed by atoms with van der Waals surface area (Å²) in [5.74, 6) is 0.368. The van der Waals surface area contributed by atoms with Crippen LogP contribution in [-0.4, -0.2) is 31.7 Å². The molecule has 16 heavy (non-hydrogen) atoms. The lowest BCUT2D eigenvalue weighted by molar-refractivity contribution is 0.588. The summed E-state index contributed by atoms with van der Waals surface area (Å²) in [4.78, 5) is 8.40. The standard InChI is InChI=1S/C10H17N3O2S/c1-7-5-9(6-11-3)13-10(12-7)8(2)16(4,14)15/h5,8,11H,6H2,1-4H3. The van der Waals surface area contributed by atoms with Crippen LogP contribution in [0.25, 0.3) is 0 Å². The van der Waals surface area contributed by atoms with E-state index in [0.717, 1.165) is 11.4 Å². The van der Waals surface area contributed by atoms with Gasteiger partial charge >= 0.3 is 0 Å². The van der Waals surface area contributed by atoms with Gasteiger partial charge in [0.1, 0.15) is 11.1 Å². The van der Waals surface area contributed by atoms with Crippen LogP contribution in [-0.2, 0) is 16.4 Å². The smallest absolute Gasteiger partial charge is 0.157 e. The monoisotopic (exact) mass is 243 g/mol.